The van der Waals surface area contributed by atoms with Crippen molar-refractivity contribution < 1.29 is 8.78 Å². The summed E-state index contributed by atoms with van der Waals surface area (Å²) in [7, 11) is 0. The van der Waals surface area contributed by atoms with Gasteiger partial charge in [-0.15, -0.1) is 0 Å². The predicted octanol–water partition coefficient (Wildman–Crippen LogP) is 2.25. The van der Waals surface area contributed by atoms with Gasteiger partial charge in [-0.2, -0.15) is 0 Å². The molecule has 1 N–H and O–H groups in total. The number of aromatic nitrogens is 2. The molecule has 2 aliphatic heterocycles. The van der Waals surface area contributed by atoms with Crippen LogP contribution < -0.4 is 10.5 Å². The average Bonchev–Trinajstić information content (AvgIpc) is 3.07. The molecule has 1 aromatic heterocycles. The lowest BCUT2D eigenvalue weighted by Crippen LogP contribution is -2.27. The number of hydrogen-bond donors (Lipinski definition) is 1. The number of halogens is 2. The molecule has 7 heteroatoms. The Morgan fingerprint density at radius 2 is 1.85 bits per heavy atom. The fourth-order valence-electron chi connectivity index (χ4n) is 3.77. The standard InChI is InChI=1S/C19H22F2N4O/c20-14-4-3-13(16(21)11-14)12-24-9-5-15-17(6-10-24)22-19(23-18(15)26)25-7-1-2-8-25/h3-4,11H,1-2,5-10,12H2,(H,22,23,26). The molecule has 3 heterocycles. The van der Waals surface area contributed by atoms with Crippen molar-refractivity contribution in [3.63, 3.8) is 0 Å². The van der Waals surface area contributed by atoms with Crippen LogP contribution in [0.1, 0.15) is 29.7 Å². The van der Waals surface area contributed by atoms with Crippen LogP contribution in [0.3, 0.4) is 0 Å². The summed E-state index contributed by atoms with van der Waals surface area (Å²) in [6, 6.07) is 3.68. The van der Waals surface area contributed by atoms with Gasteiger partial charge in [-0.05, 0) is 25.3 Å². The monoisotopic (exact) mass is 360 g/mol. The van der Waals surface area contributed by atoms with Crippen LogP contribution in [0.25, 0.3) is 0 Å². The van der Waals surface area contributed by atoms with E-state index in [1.54, 1.807) is 0 Å². The van der Waals surface area contributed by atoms with Crippen molar-refractivity contribution in [1.82, 2.24) is 14.9 Å². The molecule has 0 spiro atoms. The first-order valence-corrected chi connectivity index (χ1v) is 9.13. The molecule has 1 fully saturated rings. The number of rotatable bonds is 3. The molecule has 0 saturated carbocycles. The van der Waals surface area contributed by atoms with Crippen LogP contribution in [0.2, 0.25) is 0 Å². The fraction of sp³-hybridized carbons (Fsp3) is 0.474. The van der Waals surface area contributed by atoms with Gasteiger partial charge >= 0.3 is 0 Å². The molecule has 0 amide bonds. The van der Waals surface area contributed by atoms with Gasteiger partial charge in [-0.25, -0.2) is 13.8 Å². The zero-order chi connectivity index (χ0) is 18.1. The topological polar surface area (TPSA) is 52.2 Å². The number of fused-ring (bicyclic) bond motifs is 1. The minimum atomic E-state index is -0.570. The Morgan fingerprint density at radius 1 is 1.08 bits per heavy atom. The second-order valence-corrected chi connectivity index (χ2v) is 7.02. The Balaban J connectivity index is 1.51. The van der Waals surface area contributed by atoms with Gasteiger partial charge in [-0.3, -0.25) is 14.7 Å². The summed E-state index contributed by atoms with van der Waals surface area (Å²) in [6.07, 6.45) is 3.49. The Kier molecular flexibility index (Phi) is 4.72. The number of aromatic amines is 1. The van der Waals surface area contributed by atoms with Crippen LogP contribution in [-0.4, -0.2) is 41.0 Å². The first kappa shape index (κ1) is 17.1. The lowest BCUT2D eigenvalue weighted by molar-refractivity contribution is 0.274. The molecular formula is C19H22F2N4O. The lowest BCUT2D eigenvalue weighted by atomic mass is 10.1. The Bertz CT molecular complexity index is 861. The van der Waals surface area contributed by atoms with Crippen LogP contribution >= 0.6 is 0 Å². The van der Waals surface area contributed by atoms with Crippen molar-refractivity contribution in [2.24, 2.45) is 0 Å². The van der Waals surface area contributed by atoms with Crippen LogP contribution in [0.5, 0.6) is 0 Å². The molecule has 5 nitrogen and oxygen atoms in total. The summed E-state index contributed by atoms with van der Waals surface area (Å²) < 4.78 is 27.0. The van der Waals surface area contributed by atoms with Gasteiger partial charge in [0.1, 0.15) is 11.6 Å². The van der Waals surface area contributed by atoms with E-state index in [9.17, 15) is 13.6 Å². The molecule has 1 saturated heterocycles. The molecule has 138 valence electrons. The fourth-order valence-corrected chi connectivity index (χ4v) is 3.77. The quantitative estimate of drug-likeness (QED) is 0.912. The maximum absolute atomic E-state index is 13.9. The summed E-state index contributed by atoms with van der Waals surface area (Å²) in [5, 5.41) is 0. The molecule has 0 unspecified atom stereocenters. The van der Waals surface area contributed by atoms with Crippen LogP contribution in [0, 0.1) is 11.6 Å². The number of nitrogens with zero attached hydrogens (tertiary/aromatic N) is 3. The van der Waals surface area contributed by atoms with Crippen molar-refractivity contribution in [2.45, 2.75) is 32.2 Å². The van der Waals surface area contributed by atoms with Crippen molar-refractivity contribution in [3.05, 3.63) is 57.0 Å². The van der Waals surface area contributed by atoms with Crippen LogP contribution in [0.4, 0.5) is 14.7 Å². The highest BCUT2D eigenvalue weighted by molar-refractivity contribution is 5.35. The molecule has 2 aliphatic rings. The van der Waals surface area contributed by atoms with E-state index in [-0.39, 0.29) is 5.56 Å². The second-order valence-electron chi connectivity index (χ2n) is 7.02. The molecule has 2 aromatic rings. The summed E-state index contributed by atoms with van der Waals surface area (Å²) in [4.78, 5) is 24.4. The van der Waals surface area contributed by atoms with E-state index >= 15 is 0 Å². The van der Waals surface area contributed by atoms with E-state index in [1.165, 1.54) is 12.1 Å². The SMILES string of the molecule is O=c1[nH]c(N2CCCC2)nc2c1CCN(Cc1ccc(F)cc1F)CC2. The minimum absolute atomic E-state index is 0.0632. The van der Waals surface area contributed by atoms with Gasteiger partial charge in [0.25, 0.3) is 5.56 Å². The van der Waals surface area contributed by atoms with Crippen molar-refractivity contribution in [3.8, 4) is 0 Å². The number of hydrogen-bond acceptors (Lipinski definition) is 4. The number of H-pyrrole nitrogens is 1. The summed E-state index contributed by atoms with van der Waals surface area (Å²) >= 11 is 0. The first-order valence-electron chi connectivity index (χ1n) is 9.13. The molecular weight excluding hydrogens is 338 g/mol. The number of nitrogens with one attached hydrogen (secondary N) is 1. The van der Waals surface area contributed by atoms with Gasteiger partial charge in [-0.1, -0.05) is 6.07 Å². The molecule has 4 rings (SSSR count). The normalized spacial score (nSPS) is 18.0. The van der Waals surface area contributed by atoms with Gasteiger partial charge in [0.2, 0.25) is 5.95 Å². The Labute approximate surface area is 150 Å². The largest absolute Gasteiger partial charge is 0.342 e. The van der Waals surface area contributed by atoms with E-state index in [1.807, 2.05) is 0 Å². The summed E-state index contributed by atoms with van der Waals surface area (Å²) in [5.74, 6) is -0.428. The molecule has 0 atom stereocenters. The zero-order valence-electron chi connectivity index (χ0n) is 14.6. The third-order valence-electron chi connectivity index (χ3n) is 5.25. The molecule has 0 aliphatic carbocycles. The van der Waals surface area contributed by atoms with E-state index < -0.39 is 11.6 Å². The number of benzene rings is 1. The molecule has 1 aromatic carbocycles. The first-order chi connectivity index (χ1) is 12.6. The summed E-state index contributed by atoms with van der Waals surface area (Å²) in [5.41, 5.74) is 1.98. The van der Waals surface area contributed by atoms with Crippen molar-refractivity contribution in [1.29, 1.82) is 0 Å². The van der Waals surface area contributed by atoms with E-state index in [0.29, 0.717) is 44.0 Å². The predicted molar refractivity (Wildman–Crippen MR) is 95.3 cm³/mol. The highest BCUT2D eigenvalue weighted by Gasteiger charge is 2.22. The smallest absolute Gasteiger partial charge is 0.255 e. The third-order valence-corrected chi connectivity index (χ3v) is 5.25. The van der Waals surface area contributed by atoms with Crippen LogP contribution in [0.15, 0.2) is 23.0 Å². The average molecular weight is 360 g/mol. The summed E-state index contributed by atoms with van der Waals surface area (Å²) in [6.45, 7) is 3.60. The van der Waals surface area contributed by atoms with Gasteiger partial charge in [0.05, 0.1) is 5.69 Å². The Hall–Kier alpha value is -2.28. The van der Waals surface area contributed by atoms with Gasteiger partial charge in [0, 0.05) is 56.3 Å². The van der Waals surface area contributed by atoms with E-state index in [2.05, 4.69) is 14.8 Å². The van der Waals surface area contributed by atoms with E-state index in [0.717, 1.165) is 43.3 Å². The minimum Gasteiger partial charge on any atom is -0.342 e. The van der Waals surface area contributed by atoms with Crippen molar-refractivity contribution in [2.75, 3.05) is 31.1 Å². The van der Waals surface area contributed by atoms with Gasteiger partial charge < -0.3 is 4.90 Å². The number of anilines is 1. The van der Waals surface area contributed by atoms with Crippen molar-refractivity contribution >= 4 is 5.95 Å². The second kappa shape index (κ2) is 7.15. The van der Waals surface area contributed by atoms with Crippen LogP contribution in [-0.2, 0) is 19.4 Å². The third kappa shape index (κ3) is 3.49. The lowest BCUT2D eigenvalue weighted by Gasteiger charge is -2.19. The maximum Gasteiger partial charge on any atom is 0.255 e. The maximum atomic E-state index is 13.9. The Morgan fingerprint density at radius 3 is 2.62 bits per heavy atom. The van der Waals surface area contributed by atoms with Gasteiger partial charge in [0.15, 0.2) is 0 Å². The molecule has 26 heavy (non-hydrogen) atoms. The zero-order valence-corrected chi connectivity index (χ0v) is 14.6. The highest BCUT2D eigenvalue weighted by Crippen LogP contribution is 2.19. The molecule has 0 bridgehead atoms. The van der Waals surface area contributed by atoms with E-state index in [4.69, 9.17) is 4.98 Å². The highest BCUT2D eigenvalue weighted by atomic mass is 19.1. The molecule has 0 radical (unpaired) electrons.